The van der Waals surface area contributed by atoms with Crippen molar-refractivity contribution in [2.75, 3.05) is 0 Å². The lowest BCUT2D eigenvalue weighted by Gasteiger charge is -2.05. The van der Waals surface area contributed by atoms with E-state index in [-0.39, 0.29) is 0 Å². The first-order valence-corrected chi connectivity index (χ1v) is 5.05. The average molecular weight is 144 g/mol. The molecule has 0 unspecified atom stereocenters. The summed E-state index contributed by atoms with van der Waals surface area (Å²) < 4.78 is 0. The van der Waals surface area contributed by atoms with Crippen molar-refractivity contribution in [2.45, 2.75) is 6.42 Å². The molecule has 6 saturated carbocycles. The summed E-state index contributed by atoms with van der Waals surface area (Å²) >= 11 is 0. The molecule has 0 aromatic carbocycles. The van der Waals surface area contributed by atoms with Crippen LogP contribution in [0.1, 0.15) is 6.42 Å². The van der Waals surface area contributed by atoms with E-state index in [1.165, 1.54) is 29.6 Å². The van der Waals surface area contributed by atoms with Crippen LogP contribution >= 0.6 is 0 Å². The fourth-order valence-electron chi connectivity index (χ4n) is 6.14. The minimum absolute atomic E-state index is 0.753. The zero-order valence-corrected chi connectivity index (χ0v) is 6.53. The Bertz CT molecular complexity index is 276. The minimum atomic E-state index is 0.753. The summed E-state index contributed by atoms with van der Waals surface area (Å²) in [5, 5.41) is 0. The molecule has 0 aliphatic heterocycles. The van der Waals surface area contributed by atoms with Gasteiger partial charge in [-0.1, -0.05) is 6.08 Å². The zero-order valence-electron chi connectivity index (χ0n) is 6.53. The van der Waals surface area contributed by atoms with Crippen LogP contribution in [0.2, 0.25) is 0 Å². The first-order valence-electron chi connectivity index (χ1n) is 5.05. The third kappa shape index (κ3) is 0.210. The van der Waals surface area contributed by atoms with Crippen molar-refractivity contribution in [2.24, 2.45) is 46.8 Å². The predicted octanol–water partition coefficient (Wildman–Crippen LogP) is 1.93. The highest BCUT2D eigenvalue weighted by atomic mass is 15.0. The molecule has 0 amide bonds. The van der Waals surface area contributed by atoms with Gasteiger partial charge in [0.05, 0.1) is 0 Å². The topological polar surface area (TPSA) is 0 Å². The minimum Gasteiger partial charge on any atom is -0.102 e. The number of hydrogen-bond acceptors (Lipinski definition) is 0. The van der Waals surface area contributed by atoms with Crippen molar-refractivity contribution in [1.82, 2.24) is 0 Å². The Morgan fingerprint density at radius 1 is 1.09 bits per heavy atom. The van der Waals surface area contributed by atoms with Crippen LogP contribution in [0, 0.1) is 46.8 Å². The second kappa shape index (κ2) is 0.901. The van der Waals surface area contributed by atoms with Gasteiger partial charge in [-0.05, 0) is 53.3 Å². The quantitative estimate of drug-likeness (QED) is 0.493. The van der Waals surface area contributed by atoms with Gasteiger partial charge in [-0.25, -0.2) is 0 Å². The smallest absolute Gasteiger partial charge is 0.00189 e. The molecule has 56 valence electrons. The van der Waals surface area contributed by atoms with E-state index in [4.69, 9.17) is 0 Å². The molecule has 0 N–H and O–H groups in total. The lowest BCUT2D eigenvalue weighted by molar-refractivity contribution is 0.434. The lowest BCUT2D eigenvalue weighted by Crippen LogP contribution is -2.00. The molecule has 2 bridgehead atoms. The molecule has 0 spiro atoms. The van der Waals surface area contributed by atoms with E-state index in [0.29, 0.717) is 0 Å². The van der Waals surface area contributed by atoms with E-state index in [1.807, 2.05) is 0 Å². The van der Waals surface area contributed by atoms with Crippen LogP contribution in [0.25, 0.3) is 0 Å². The molecular weight excluding hydrogens is 132 g/mol. The van der Waals surface area contributed by atoms with Crippen molar-refractivity contribution in [1.29, 1.82) is 0 Å². The standard InChI is InChI=1S/C11H12/c1-2-11-8-4-3-5(9(8)11)7-6(4)10(7)11/h2,4-10H,1,3H2/t4-,5-,6-,7-,8-,9-,10?,11?/m1/s1. The molecule has 6 atom stereocenters. The third-order valence-electron chi connectivity index (χ3n) is 5.95. The summed E-state index contributed by atoms with van der Waals surface area (Å²) in [6, 6.07) is 0. The Kier molecular flexibility index (Phi) is 0.384. The molecule has 0 heterocycles. The van der Waals surface area contributed by atoms with Crippen LogP contribution < -0.4 is 0 Å². The second-order valence-electron chi connectivity index (χ2n) is 5.50. The van der Waals surface area contributed by atoms with Crippen molar-refractivity contribution >= 4 is 0 Å². The van der Waals surface area contributed by atoms with Crippen LogP contribution in [-0.2, 0) is 0 Å². The number of hydrogen-bond donors (Lipinski definition) is 0. The molecular formula is C11H12. The number of rotatable bonds is 1. The van der Waals surface area contributed by atoms with E-state index in [9.17, 15) is 0 Å². The van der Waals surface area contributed by atoms with E-state index in [0.717, 1.165) is 17.3 Å². The SMILES string of the molecule is C=CC12C3[C@@H]4[C@H]5C[C@H]([C@@H]34)[C@@H]1[C@@H]52. The van der Waals surface area contributed by atoms with Gasteiger partial charge >= 0.3 is 0 Å². The van der Waals surface area contributed by atoms with Crippen molar-refractivity contribution in [3.8, 4) is 0 Å². The molecule has 6 rings (SSSR count). The van der Waals surface area contributed by atoms with Gasteiger partial charge in [-0.3, -0.25) is 0 Å². The summed E-state index contributed by atoms with van der Waals surface area (Å²) in [5.41, 5.74) is 0.753. The molecule has 6 aliphatic carbocycles. The van der Waals surface area contributed by atoms with Crippen LogP contribution in [0.4, 0.5) is 0 Å². The molecule has 0 aromatic heterocycles. The summed E-state index contributed by atoms with van der Waals surface area (Å²) in [6.45, 7) is 4.07. The van der Waals surface area contributed by atoms with Crippen LogP contribution in [0.3, 0.4) is 0 Å². The monoisotopic (exact) mass is 144 g/mol. The maximum Gasteiger partial charge on any atom is -0.00189 e. The summed E-state index contributed by atoms with van der Waals surface area (Å²) in [7, 11) is 0. The molecule has 0 radical (unpaired) electrons. The highest BCUT2D eigenvalue weighted by molar-refractivity contribution is 5.47. The van der Waals surface area contributed by atoms with Crippen molar-refractivity contribution in [3.05, 3.63) is 12.7 Å². The summed E-state index contributed by atoms with van der Waals surface area (Å²) in [4.78, 5) is 0. The molecule has 0 saturated heterocycles. The maximum absolute atomic E-state index is 4.07. The van der Waals surface area contributed by atoms with Crippen molar-refractivity contribution < 1.29 is 0 Å². The van der Waals surface area contributed by atoms with Crippen molar-refractivity contribution in [3.63, 3.8) is 0 Å². The Morgan fingerprint density at radius 2 is 1.73 bits per heavy atom. The number of allylic oxidation sites excluding steroid dienone is 1. The Hall–Kier alpha value is -0.260. The van der Waals surface area contributed by atoms with E-state index in [2.05, 4.69) is 12.7 Å². The largest absolute Gasteiger partial charge is 0.102 e. The van der Waals surface area contributed by atoms with Gasteiger partial charge < -0.3 is 0 Å². The van der Waals surface area contributed by atoms with Crippen LogP contribution in [0.15, 0.2) is 12.7 Å². The van der Waals surface area contributed by atoms with E-state index < -0.39 is 0 Å². The van der Waals surface area contributed by atoms with Gasteiger partial charge in [-0.2, -0.15) is 0 Å². The lowest BCUT2D eigenvalue weighted by atomic mass is 9.99. The third-order valence-corrected chi connectivity index (χ3v) is 5.95. The van der Waals surface area contributed by atoms with Gasteiger partial charge in [0.15, 0.2) is 0 Å². The normalized spacial score (nSPS) is 89.3. The zero-order chi connectivity index (χ0) is 6.96. The Labute approximate surface area is 66.7 Å². The van der Waals surface area contributed by atoms with Gasteiger partial charge in [-0.15, -0.1) is 6.58 Å². The van der Waals surface area contributed by atoms with Gasteiger partial charge in [0, 0.05) is 0 Å². The maximum atomic E-state index is 4.07. The average Bonchev–Trinajstić information content (AvgIpc) is 2.79. The highest BCUT2D eigenvalue weighted by Crippen LogP contribution is 3.00. The Morgan fingerprint density at radius 3 is 2.00 bits per heavy atom. The van der Waals surface area contributed by atoms with Gasteiger partial charge in [0.1, 0.15) is 0 Å². The predicted molar refractivity (Wildman–Crippen MR) is 41.7 cm³/mol. The highest BCUT2D eigenvalue weighted by Gasteiger charge is 2.96. The second-order valence-corrected chi connectivity index (χ2v) is 5.50. The fraction of sp³-hybridized carbons (Fsp3) is 0.818. The molecule has 0 aromatic rings. The van der Waals surface area contributed by atoms with E-state index in [1.54, 1.807) is 6.42 Å². The van der Waals surface area contributed by atoms with Gasteiger partial charge in [0.25, 0.3) is 0 Å². The van der Waals surface area contributed by atoms with Crippen LogP contribution in [0.5, 0.6) is 0 Å². The van der Waals surface area contributed by atoms with E-state index >= 15 is 0 Å². The fourth-order valence-corrected chi connectivity index (χ4v) is 6.14. The van der Waals surface area contributed by atoms with Crippen LogP contribution in [-0.4, -0.2) is 0 Å². The molecule has 6 aliphatic rings. The van der Waals surface area contributed by atoms with Gasteiger partial charge in [0.2, 0.25) is 0 Å². The first kappa shape index (κ1) is 4.69. The molecule has 0 heteroatoms. The summed E-state index contributed by atoms with van der Waals surface area (Å²) in [5.74, 6) is 8.30. The molecule has 6 fully saturated rings. The molecule has 11 heavy (non-hydrogen) atoms. The first-order chi connectivity index (χ1) is 5.41. The molecule has 0 nitrogen and oxygen atoms in total. The summed E-state index contributed by atoms with van der Waals surface area (Å²) in [6.07, 6.45) is 3.97. The Balaban J connectivity index is 1.91.